The van der Waals surface area contributed by atoms with E-state index in [1.165, 1.54) is 19.4 Å². The zero-order valence-electron chi connectivity index (χ0n) is 6.72. The van der Waals surface area contributed by atoms with Gasteiger partial charge in [-0.1, -0.05) is 13.3 Å². The molecule has 0 aromatic rings. The van der Waals surface area contributed by atoms with Crippen molar-refractivity contribution in [1.29, 1.82) is 0 Å². The van der Waals surface area contributed by atoms with Crippen molar-refractivity contribution in [3.8, 4) is 0 Å². The Morgan fingerprint density at radius 2 is 2.22 bits per heavy atom. The van der Waals surface area contributed by atoms with Gasteiger partial charge in [0.2, 0.25) is 0 Å². The number of likely N-dealkylation sites (tertiary alicyclic amines) is 1. The summed E-state index contributed by atoms with van der Waals surface area (Å²) >= 11 is 0. The van der Waals surface area contributed by atoms with E-state index in [0.29, 0.717) is 0 Å². The Morgan fingerprint density at radius 3 is 2.44 bits per heavy atom. The quantitative estimate of drug-likeness (QED) is 0.518. The molecule has 0 radical (unpaired) electrons. The molecule has 0 N–H and O–H groups in total. The second-order valence-corrected chi connectivity index (χ2v) is 3.18. The fourth-order valence-electron chi connectivity index (χ4n) is 1.72. The first-order valence-electron chi connectivity index (χ1n) is 3.96. The molecule has 0 aliphatic carbocycles. The van der Waals surface area contributed by atoms with Gasteiger partial charge in [0.05, 0.1) is 0 Å². The molecule has 0 aromatic carbocycles. The molecule has 54 valence electrons. The molecule has 1 aliphatic rings. The highest BCUT2D eigenvalue weighted by molar-refractivity contribution is 4.80. The lowest BCUT2D eigenvalue weighted by Gasteiger charge is -2.18. The van der Waals surface area contributed by atoms with E-state index in [1.807, 2.05) is 0 Å². The summed E-state index contributed by atoms with van der Waals surface area (Å²) in [5.41, 5.74) is 0. The Balaban J connectivity index is 2.41. The van der Waals surface area contributed by atoms with Crippen LogP contribution in [0, 0.1) is 5.92 Å². The molecule has 1 fully saturated rings. The van der Waals surface area contributed by atoms with E-state index in [9.17, 15) is 0 Å². The molecule has 1 nitrogen and oxygen atoms in total. The SMILES string of the molecule is CC[C@H]1CCN(C)C1C. The van der Waals surface area contributed by atoms with Gasteiger partial charge in [0.15, 0.2) is 0 Å². The second-order valence-electron chi connectivity index (χ2n) is 3.18. The van der Waals surface area contributed by atoms with E-state index in [0.717, 1.165) is 12.0 Å². The molecule has 1 unspecified atom stereocenters. The van der Waals surface area contributed by atoms with Crippen molar-refractivity contribution in [3.63, 3.8) is 0 Å². The zero-order valence-corrected chi connectivity index (χ0v) is 6.72. The lowest BCUT2D eigenvalue weighted by molar-refractivity contribution is 0.289. The van der Waals surface area contributed by atoms with Crippen LogP contribution in [0.15, 0.2) is 0 Å². The van der Waals surface area contributed by atoms with E-state index in [1.54, 1.807) is 0 Å². The van der Waals surface area contributed by atoms with Gasteiger partial charge in [-0.25, -0.2) is 0 Å². The summed E-state index contributed by atoms with van der Waals surface area (Å²) in [6, 6.07) is 0.829. The largest absolute Gasteiger partial charge is 0.303 e. The second kappa shape index (κ2) is 2.70. The molecule has 1 saturated heterocycles. The van der Waals surface area contributed by atoms with Gasteiger partial charge in [-0.05, 0) is 32.9 Å². The van der Waals surface area contributed by atoms with Gasteiger partial charge in [0.25, 0.3) is 0 Å². The fraction of sp³-hybridized carbons (Fsp3) is 1.00. The van der Waals surface area contributed by atoms with E-state index in [-0.39, 0.29) is 0 Å². The number of hydrogen-bond acceptors (Lipinski definition) is 1. The highest BCUT2D eigenvalue weighted by Crippen LogP contribution is 2.24. The molecule has 1 rings (SSSR count). The topological polar surface area (TPSA) is 3.24 Å². The summed E-state index contributed by atoms with van der Waals surface area (Å²) in [7, 11) is 2.22. The number of rotatable bonds is 1. The third-order valence-corrected chi connectivity index (χ3v) is 2.75. The van der Waals surface area contributed by atoms with Gasteiger partial charge < -0.3 is 4.90 Å². The summed E-state index contributed by atoms with van der Waals surface area (Å²) in [4.78, 5) is 2.45. The molecule has 0 spiro atoms. The minimum absolute atomic E-state index is 0.829. The Kier molecular flexibility index (Phi) is 2.12. The summed E-state index contributed by atoms with van der Waals surface area (Å²) < 4.78 is 0. The molecule has 0 saturated carbocycles. The molecular formula is C8H17N. The first kappa shape index (κ1) is 7.07. The van der Waals surface area contributed by atoms with Crippen LogP contribution in [-0.4, -0.2) is 24.5 Å². The predicted octanol–water partition coefficient (Wildman–Crippen LogP) is 1.74. The number of hydrogen-bond donors (Lipinski definition) is 0. The number of nitrogens with zero attached hydrogens (tertiary/aromatic N) is 1. The van der Waals surface area contributed by atoms with Crippen molar-refractivity contribution < 1.29 is 0 Å². The van der Waals surface area contributed by atoms with Crippen LogP contribution in [0.5, 0.6) is 0 Å². The van der Waals surface area contributed by atoms with Crippen LogP contribution in [0.1, 0.15) is 26.7 Å². The van der Waals surface area contributed by atoms with Crippen LogP contribution in [-0.2, 0) is 0 Å². The maximum atomic E-state index is 2.45. The van der Waals surface area contributed by atoms with E-state index >= 15 is 0 Å². The van der Waals surface area contributed by atoms with Crippen LogP contribution in [0.25, 0.3) is 0 Å². The van der Waals surface area contributed by atoms with E-state index < -0.39 is 0 Å². The molecule has 1 aliphatic heterocycles. The smallest absolute Gasteiger partial charge is 0.00925 e. The Labute approximate surface area is 58.0 Å². The first-order chi connectivity index (χ1) is 4.25. The maximum absolute atomic E-state index is 2.45. The van der Waals surface area contributed by atoms with Crippen LogP contribution in [0.3, 0.4) is 0 Å². The van der Waals surface area contributed by atoms with Crippen LogP contribution in [0.4, 0.5) is 0 Å². The van der Waals surface area contributed by atoms with Crippen molar-refractivity contribution in [1.82, 2.24) is 4.90 Å². The molecule has 1 heterocycles. The monoisotopic (exact) mass is 127 g/mol. The maximum Gasteiger partial charge on any atom is 0.00925 e. The van der Waals surface area contributed by atoms with Gasteiger partial charge >= 0.3 is 0 Å². The average Bonchev–Trinajstić information content (AvgIpc) is 2.15. The molecule has 0 aromatic heterocycles. The molecule has 0 amide bonds. The van der Waals surface area contributed by atoms with Gasteiger partial charge in [-0.3, -0.25) is 0 Å². The summed E-state index contributed by atoms with van der Waals surface area (Å²) in [6.07, 6.45) is 2.76. The van der Waals surface area contributed by atoms with E-state index in [2.05, 4.69) is 25.8 Å². The summed E-state index contributed by atoms with van der Waals surface area (Å²) in [6.45, 7) is 5.93. The van der Waals surface area contributed by atoms with Gasteiger partial charge in [-0.15, -0.1) is 0 Å². The van der Waals surface area contributed by atoms with Gasteiger partial charge in [-0.2, -0.15) is 0 Å². The minimum atomic E-state index is 0.829. The Hall–Kier alpha value is -0.0400. The van der Waals surface area contributed by atoms with Crippen molar-refractivity contribution in [2.24, 2.45) is 5.92 Å². The highest BCUT2D eigenvalue weighted by Gasteiger charge is 2.25. The molecular weight excluding hydrogens is 110 g/mol. The highest BCUT2D eigenvalue weighted by atomic mass is 15.1. The van der Waals surface area contributed by atoms with Gasteiger partial charge in [0.1, 0.15) is 0 Å². The molecule has 0 bridgehead atoms. The standard InChI is InChI=1S/C8H17N/c1-4-8-5-6-9(3)7(8)2/h7-8H,4-6H2,1-3H3/t7?,8-/m0/s1. The van der Waals surface area contributed by atoms with E-state index in [4.69, 9.17) is 0 Å². The van der Waals surface area contributed by atoms with Crippen LogP contribution >= 0.6 is 0 Å². The fourth-order valence-corrected chi connectivity index (χ4v) is 1.72. The third-order valence-electron chi connectivity index (χ3n) is 2.75. The summed E-state index contributed by atoms with van der Waals surface area (Å²) in [5.74, 6) is 0.968. The van der Waals surface area contributed by atoms with Crippen molar-refractivity contribution in [2.75, 3.05) is 13.6 Å². The van der Waals surface area contributed by atoms with Gasteiger partial charge in [0, 0.05) is 6.04 Å². The summed E-state index contributed by atoms with van der Waals surface area (Å²) in [5, 5.41) is 0. The van der Waals surface area contributed by atoms with Crippen molar-refractivity contribution >= 4 is 0 Å². The third kappa shape index (κ3) is 1.26. The zero-order chi connectivity index (χ0) is 6.85. The van der Waals surface area contributed by atoms with Crippen LogP contribution < -0.4 is 0 Å². The molecule has 9 heavy (non-hydrogen) atoms. The average molecular weight is 127 g/mol. The molecule has 1 heteroatoms. The lowest BCUT2D eigenvalue weighted by atomic mass is 9.99. The predicted molar refractivity (Wildman–Crippen MR) is 40.5 cm³/mol. The van der Waals surface area contributed by atoms with Crippen molar-refractivity contribution in [3.05, 3.63) is 0 Å². The first-order valence-corrected chi connectivity index (χ1v) is 3.96. The normalized spacial score (nSPS) is 37.7. The Bertz CT molecular complexity index is 90.6. The molecule has 2 atom stereocenters. The Morgan fingerprint density at radius 1 is 1.56 bits per heavy atom. The van der Waals surface area contributed by atoms with Crippen LogP contribution in [0.2, 0.25) is 0 Å². The van der Waals surface area contributed by atoms with Crippen molar-refractivity contribution in [2.45, 2.75) is 32.7 Å². The minimum Gasteiger partial charge on any atom is -0.303 e. The lowest BCUT2D eigenvalue weighted by Crippen LogP contribution is -2.25.